The van der Waals surface area contributed by atoms with Gasteiger partial charge in [0.1, 0.15) is 18.1 Å². The molecule has 3 amide bonds. The van der Waals surface area contributed by atoms with E-state index in [1.54, 1.807) is 14.1 Å². The number of carboxylic acid groups (broad SMARTS) is 1. The summed E-state index contributed by atoms with van der Waals surface area (Å²) in [6.45, 7) is 15.7. The molecule has 0 bridgehead atoms. The highest BCUT2D eigenvalue weighted by atomic mass is 16.4. The van der Waals surface area contributed by atoms with Gasteiger partial charge in [-0.1, -0.05) is 55.4 Å². The lowest BCUT2D eigenvalue weighted by molar-refractivity contribution is -0.146. The van der Waals surface area contributed by atoms with Gasteiger partial charge in [0.2, 0.25) is 17.7 Å². The molecule has 35 heavy (non-hydrogen) atoms. The number of rotatable bonds is 16. The van der Waals surface area contributed by atoms with E-state index in [0.717, 1.165) is 0 Å². The Morgan fingerprint density at radius 3 is 1.46 bits per heavy atom. The van der Waals surface area contributed by atoms with Crippen molar-refractivity contribution in [3.8, 4) is 0 Å². The molecule has 9 heteroatoms. The fourth-order valence-corrected chi connectivity index (χ4v) is 4.04. The van der Waals surface area contributed by atoms with Crippen LogP contribution in [0.2, 0.25) is 0 Å². The van der Waals surface area contributed by atoms with Crippen molar-refractivity contribution in [1.82, 2.24) is 20.9 Å². The van der Waals surface area contributed by atoms with Crippen molar-refractivity contribution >= 4 is 23.7 Å². The Labute approximate surface area is 212 Å². The molecule has 0 aliphatic carbocycles. The van der Waals surface area contributed by atoms with E-state index in [-0.39, 0.29) is 29.6 Å². The molecule has 0 aromatic heterocycles. The lowest BCUT2D eigenvalue weighted by Crippen LogP contribution is -2.58. The molecule has 9 nitrogen and oxygen atoms in total. The van der Waals surface area contributed by atoms with Crippen LogP contribution in [0, 0.1) is 23.7 Å². The predicted octanol–water partition coefficient (Wildman–Crippen LogP) is 2.64. The van der Waals surface area contributed by atoms with E-state index in [9.17, 15) is 24.3 Å². The Bertz CT molecular complexity index is 693. The summed E-state index contributed by atoms with van der Waals surface area (Å²) < 4.78 is 0. The zero-order chi connectivity index (χ0) is 27.5. The van der Waals surface area contributed by atoms with Gasteiger partial charge >= 0.3 is 5.97 Å². The molecule has 0 spiro atoms. The van der Waals surface area contributed by atoms with Crippen LogP contribution < -0.4 is 16.0 Å². The molecular formula is C26H50N4O5. The van der Waals surface area contributed by atoms with Crippen molar-refractivity contribution in [2.45, 2.75) is 105 Å². The van der Waals surface area contributed by atoms with Gasteiger partial charge in [0.25, 0.3) is 0 Å². The summed E-state index contributed by atoms with van der Waals surface area (Å²) in [6.07, 6.45) is 1.72. The summed E-state index contributed by atoms with van der Waals surface area (Å²) in [6, 6.07) is -3.09. The summed E-state index contributed by atoms with van der Waals surface area (Å²) in [5.41, 5.74) is 0. The van der Waals surface area contributed by atoms with Gasteiger partial charge in [-0.2, -0.15) is 0 Å². The Balaban J connectivity index is 5.83. The van der Waals surface area contributed by atoms with E-state index in [2.05, 4.69) is 16.0 Å². The molecule has 0 aliphatic rings. The van der Waals surface area contributed by atoms with E-state index >= 15 is 0 Å². The van der Waals surface area contributed by atoms with Crippen LogP contribution in [0.25, 0.3) is 0 Å². The second kappa shape index (κ2) is 15.8. The first-order valence-electron chi connectivity index (χ1n) is 12.9. The largest absolute Gasteiger partial charge is 0.480 e. The second-order valence-electron chi connectivity index (χ2n) is 11.3. The number of carbonyl (C=O) groups excluding carboxylic acids is 3. The molecule has 0 aromatic rings. The minimum atomic E-state index is -1.10. The number of nitrogens with zero attached hydrogens (tertiary/aromatic N) is 1. The average molecular weight is 499 g/mol. The monoisotopic (exact) mass is 498 g/mol. The number of aliphatic carboxylic acids is 1. The Morgan fingerprint density at radius 2 is 1.06 bits per heavy atom. The van der Waals surface area contributed by atoms with Crippen molar-refractivity contribution in [2.75, 3.05) is 14.1 Å². The van der Waals surface area contributed by atoms with E-state index < -0.39 is 36.0 Å². The number of carboxylic acids is 1. The SMILES string of the molecule is CN[C@H](CC(C)C)C(=O)N[C@H](CC(C)C)C(=O)N(C)[C@H](CC(C)C)C(=O)N[C@H](CC(C)C)C(=O)O. The topological polar surface area (TPSA) is 128 Å². The van der Waals surface area contributed by atoms with Gasteiger partial charge in [-0.05, 0) is 56.4 Å². The first kappa shape index (κ1) is 32.8. The van der Waals surface area contributed by atoms with E-state index in [1.165, 1.54) is 4.90 Å². The molecule has 0 aliphatic heterocycles. The fourth-order valence-electron chi connectivity index (χ4n) is 4.04. The quantitative estimate of drug-likeness (QED) is 0.259. The molecule has 204 valence electrons. The maximum atomic E-state index is 13.6. The van der Waals surface area contributed by atoms with Gasteiger partial charge in [0.05, 0.1) is 6.04 Å². The third-order valence-corrected chi connectivity index (χ3v) is 5.83. The first-order chi connectivity index (χ1) is 16.1. The highest BCUT2D eigenvalue weighted by Crippen LogP contribution is 2.16. The van der Waals surface area contributed by atoms with Crippen molar-refractivity contribution in [3.05, 3.63) is 0 Å². The predicted molar refractivity (Wildman–Crippen MR) is 139 cm³/mol. The Kier molecular flexibility index (Phi) is 14.8. The highest BCUT2D eigenvalue weighted by molar-refractivity contribution is 5.94. The third kappa shape index (κ3) is 12.4. The van der Waals surface area contributed by atoms with E-state index in [4.69, 9.17) is 0 Å². The van der Waals surface area contributed by atoms with Gasteiger partial charge in [-0.15, -0.1) is 0 Å². The van der Waals surface area contributed by atoms with Crippen LogP contribution in [0.15, 0.2) is 0 Å². The number of amides is 3. The van der Waals surface area contributed by atoms with Crippen molar-refractivity contribution in [1.29, 1.82) is 0 Å². The minimum Gasteiger partial charge on any atom is -0.480 e. The molecule has 0 saturated carbocycles. The van der Waals surface area contributed by atoms with Crippen LogP contribution in [-0.2, 0) is 19.2 Å². The minimum absolute atomic E-state index is 0.0795. The van der Waals surface area contributed by atoms with Gasteiger partial charge in [-0.25, -0.2) is 4.79 Å². The van der Waals surface area contributed by atoms with Gasteiger partial charge in [0, 0.05) is 7.05 Å². The molecule has 0 fully saturated rings. The maximum absolute atomic E-state index is 13.6. The number of hydrogen-bond acceptors (Lipinski definition) is 5. The van der Waals surface area contributed by atoms with Crippen LogP contribution in [0.5, 0.6) is 0 Å². The van der Waals surface area contributed by atoms with Crippen LogP contribution in [0.1, 0.15) is 81.1 Å². The van der Waals surface area contributed by atoms with Crippen molar-refractivity contribution in [3.63, 3.8) is 0 Å². The lowest BCUT2D eigenvalue weighted by Gasteiger charge is -2.33. The zero-order valence-corrected chi connectivity index (χ0v) is 23.5. The smallest absolute Gasteiger partial charge is 0.326 e. The van der Waals surface area contributed by atoms with Crippen molar-refractivity contribution < 1.29 is 24.3 Å². The second-order valence-corrected chi connectivity index (χ2v) is 11.3. The van der Waals surface area contributed by atoms with Gasteiger partial charge in [-0.3, -0.25) is 14.4 Å². The molecule has 0 rings (SSSR count). The van der Waals surface area contributed by atoms with Gasteiger partial charge in [0.15, 0.2) is 0 Å². The van der Waals surface area contributed by atoms with Crippen LogP contribution >= 0.6 is 0 Å². The summed E-state index contributed by atoms with van der Waals surface area (Å²) in [7, 11) is 3.27. The summed E-state index contributed by atoms with van der Waals surface area (Å²) in [5, 5.41) is 18.1. The van der Waals surface area contributed by atoms with E-state index in [1.807, 2.05) is 55.4 Å². The maximum Gasteiger partial charge on any atom is 0.326 e. The summed E-state index contributed by atoms with van der Waals surface area (Å²) >= 11 is 0. The number of likely N-dealkylation sites (N-methyl/N-ethyl adjacent to an activating group) is 2. The Morgan fingerprint density at radius 1 is 0.657 bits per heavy atom. The molecule has 0 unspecified atom stereocenters. The first-order valence-corrected chi connectivity index (χ1v) is 12.9. The summed E-state index contributed by atoms with van der Waals surface area (Å²) in [4.78, 5) is 52.8. The average Bonchev–Trinajstić information content (AvgIpc) is 2.72. The highest BCUT2D eigenvalue weighted by Gasteiger charge is 2.35. The number of nitrogens with one attached hydrogen (secondary N) is 3. The van der Waals surface area contributed by atoms with Gasteiger partial charge < -0.3 is 26.0 Å². The number of hydrogen-bond donors (Lipinski definition) is 4. The normalized spacial score (nSPS) is 15.1. The molecule has 4 N–H and O–H groups in total. The molecule has 0 radical (unpaired) electrons. The van der Waals surface area contributed by atoms with Crippen LogP contribution in [0.4, 0.5) is 0 Å². The zero-order valence-electron chi connectivity index (χ0n) is 23.5. The molecule has 4 atom stereocenters. The number of carbonyl (C=O) groups is 4. The molecular weight excluding hydrogens is 448 g/mol. The molecule has 0 heterocycles. The lowest BCUT2D eigenvalue weighted by atomic mass is 9.97. The van der Waals surface area contributed by atoms with E-state index in [0.29, 0.717) is 31.6 Å². The van der Waals surface area contributed by atoms with Crippen LogP contribution in [0.3, 0.4) is 0 Å². The van der Waals surface area contributed by atoms with Crippen molar-refractivity contribution in [2.24, 2.45) is 23.7 Å². The summed E-state index contributed by atoms with van der Waals surface area (Å²) in [5.74, 6) is -1.60. The Hall–Kier alpha value is -2.16. The van der Waals surface area contributed by atoms with Crippen LogP contribution in [-0.4, -0.2) is 72.0 Å². The fraction of sp³-hybridized carbons (Fsp3) is 0.846. The molecule has 0 aromatic carbocycles. The molecule has 0 saturated heterocycles. The standard InChI is InChI=1S/C26H50N4O5/c1-15(2)11-19(27-9)23(31)28-20(12-16(3)4)25(33)30(10)22(14-18(7)8)24(32)29-21(26(34)35)13-17(5)6/h15-22,27H,11-14H2,1-10H3,(H,28,31)(H,29,32)(H,34,35)/t19-,20-,21-,22-/m1/s1. The third-order valence-electron chi connectivity index (χ3n) is 5.83.